The molecule has 0 spiro atoms. The van der Waals surface area contributed by atoms with E-state index in [0.717, 1.165) is 19.5 Å². The zero-order valence-corrected chi connectivity index (χ0v) is 10.7. The maximum atomic E-state index is 4.22. The van der Waals surface area contributed by atoms with Crippen LogP contribution in [0.25, 0.3) is 10.1 Å². The van der Waals surface area contributed by atoms with E-state index >= 15 is 0 Å². The summed E-state index contributed by atoms with van der Waals surface area (Å²) in [5.74, 6) is 0. The number of aromatic nitrogens is 1. The molecular weight excluding hydrogens is 230 g/mol. The summed E-state index contributed by atoms with van der Waals surface area (Å²) < 4.78 is 5.52. The van der Waals surface area contributed by atoms with Crippen molar-refractivity contribution < 1.29 is 0 Å². The molecular formula is C13H17N3S. The maximum absolute atomic E-state index is 4.22. The maximum Gasteiger partial charge on any atom is 0.0552 e. The minimum atomic E-state index is 1.13. The van der Waals surface area contributed by atoms with Crippen LogP contribution in [0.5, 0.6) is 0 Å². The second-order valence-electron chi connectivity index (χ2n) is 4.54. The Hall–Kier alpha value is -0.970. The van der Waals surface area contributed by atoms with Gasteiger partial charge in [0.1, 0.15) is 0 Å². The third-order valence-corrected chi connectivity index (χ3v) is 4.11. The van der Waals surface area contributed by atoms with Crippen molar-refractivity contribution in [1.29, 1.82) is 0 Å². The molecule has 1 saturated heterocycles. The number of nitrogens with one attached hydrogen (secondary N) is 1. The van der Waals surface area contributed by atoms with Gasteiger partial charge in [0.2, 0.25) is 0 Å². The first-order valence-corrected chi connectivity index (χ1v) is 6.95. The molecule has 1 N–H and O–H groups in total. The fourth-order valence-corrected chi connectivity index (χ4v) is 2.99. The molecule has 1 aromatic heterocycles. The minimum Gasteiger partial charge on any atom is -0.314 e. The average Bonchev–Trinajstić information content (AvgIpc) is 2.85. The summed E-state index contributed by atoms with van der Waals surface area (Å²) >= 11 is 1.59. The van der Waals surface area contributed by atoms with E-state index in [1.165, 1.54) is 35.3 Å². The Balaban J connectivity index is 1.63. The quantitative estimate of drug-likeness (QED) is 0.895. The Morgan fingerprint density at radius 2 is 2.18 bits per heavy atom. The number of piperazine rings is 1. The number of fused-ring (bicyclic) bond motifs is 1. The van der Waals surface area contributed by atoms with E-state index in [9.17, 15) is 0 Å². The number of rotatable bonds is 3. The molecule has 1 aromatic carbocycles. The van der Waals surface area contributed by atoms with Gasteiger partial charge >= 0.3 is 0 Å². The molecule has 2 heterocycles. The van der Waals surface area contributed by atoms with Gasteiger partial charge in [-0.25, -0.2) is 0 Å². The van der Waals surface area contributed by atoms with Crippen LogP contribution in [0.4, 0.5) is 0 Å². The molecule has 1 aliphatic rings. The molecule has 2 aromatic rings. The lowest BCUT2D eigenvalue weighted by Gasteiger charge is -2.27. The molecule has 0 amide bonds. The van der Waals surface area contributed by atoms with Crippen LogP contribution in [0.15, 0.2) is 24.4 Å². The van der Waals surface area contributed by atoms with Crippen molar-refractivity contribution in [2.24, 2.45) is 0 Å². The first-order chi connectivity index (χ1) is 8.42. The summed E-state index contributed by atoms with van der Waals surface area (Å²) in [5, 5.41) is 4.65. The van der Waals surface area contributed by atoms with Gasteiger partial charge in [0.15, 0.2) is 0 Å². The molecule has 0 atom stereocenters. The second kappa shape index (κ2) is 5.12. The van der Waals surface area contributed by atoms with E-state index in [1.807, 2.05) is 6.20 Å². The van der Waals surface area contributed by atoms with Gasteiger partial charge in [-0.3, -0.25) is 0 Å². The van der Waals surface area contributed by atoms with E-state index in [4.69, 9.17) is 0 Å². The van der Waals surface area contributed by atoms with Crippen LogP contribution in [-0.4, -0.2) is 42.0 Å². The molecule has 17 heavy (non-hydrogen) atoms. The van der Waals surface area contributed by atoms with Gasteiger partial charge in [-0.05, 0) is 29.6 Å². The predicted octanol–water partition coefficient (Wildman–Crippen LogP) is 1.74. The molecule has 0 unspecified atom stereocenters. The van der Waals surface area contributed by atoms with Gasteiger partial charge in [0, 0.05) is 44.3 Å². The summed E-state index contributed by atoms with van der Waals surface area (Å²) in [4.78, 5) is 2.54. The molecule has 0 bridgehead atoms. The summed E-state index contributed by atoms with van der Waals surface area (Å²) in [6, 6.07) is 6.71. The average molecular weight is 247 g/mol. The smallest absolute Gasteiger partial charge is 0.0552 e. The van der Waals surface area contributed by atoms with Gasteiger partial charge in [-0.15, -0.1) is 0 Å². The van der Waals surface area contributed by atoms with E-state index in [2.05, 4.69) is 32.8 Å². The summed E-state index contributed by atoms with van der Waals surface area (Å²) in [5.41, 5.74) is 1.43. The Bertz CT molecular complexity index is 488. The SMILES string of the molecule is c1cc2cnsc2cc1CCN1CCNCC1. The number of hydrogen-bond acceptors (Lipinski definition) is 4. The molecule has 3 rings (SSSR count). The van der Waals surface area contributed by atoms with Crippen LogP contribution in [-0.2, 0) is 6.42 Å². The number of nitrogens with zero attached hydrogens (tertiary/aromatic N) is 2. The highest BCUT2D eigenvalue weighted by molar-refractivity contribution is 7.13. The molecule has 4 heteroatoms. The highest BCUT2D eigenvalue weighted by Gasteiger charge is 2.09. The van der Waals surface area contributed by atoms with E-state index in [0.29, 0.717) is 0 Å². The zero-order chi connectivity index (χ0) is 11.5. The highest BCUT2D eigenvalue weighted by Crippen LogP contribution is 2.19. The fourth-order valence-electron chi connectivity index (χ4n) is 2.28. The lowest BCUT2D eigenvalue weighted by atomic mass is 10.1. The Kier molecular flexibility index (Phi) is 3.36. The third-order valence-electron chi connectivity index (χ3n) is 3.35. The van der Waals surface area contributed by atoms with Crippen LogP contribution in [0.1, 0.15) is 5.56 Å². The van der Waals surface area contributed by atoms with Gasteiger partial charge in [0.25, 0.3) is 0 Å². The van der Waals surface area contributed by atoms with Crippen LogP contribution < -0.4 is 5.32 Å². The first kappa shape index (κ1) is 11.1. The highest BCUT2D eigenvalue weighted by atomic mass is 32.1. The van der Waals surface area contributed by atoms with E-state index in [-0.39, 0.29) is 0 Å². The summed E-state index contributed by atoms with van der Waals surface area (Å²) in [7, 11) is 0. The predicted molar refractivity (Wildman–Crippen MR) is 72.6 cm³/mol. The topological polar surface area (TPSA) is 28.2 Å². The Labute approximate surface area is 106 Å². The van der Waals surface area contributed by atoms with Crippen LogP contribution in [0.3, 0.4) is 0 Å². The van der Waals surface area contributed by atoms with Crippen molar-refractivity contribution in [2.75, 3.05) is 32.7 Å². The molecule has 90 valence electrons. The second-order valence-corrected chi connectivity index (χ2v) is 5.37. The number of hydrogen-bond donors (Lipinski definition) is 1. The van der Waals surface area contributed by atoms with E-state index < -0.39 is 0 Å². The molecule has 0 aliphatic carbocycles. The minimum absolute atomic E-state index is 1.13. The normalized spacial score (nSPS) is 17.6. The van der Waals surface area contributed by atoms with Crippen molar-refractivity contribution in [2.45, 2.75) is 6.42 Å². The lowest BCUT2D eigenvalue weighted by Crippen LogP contribution is -2.44. The van der Waals surface area contributed by atoms with Crippen LogP contribution in [0.2, 0.25) is 0 Å². The van der Waals surface area contributed by atoms with Crippen molar-refractivity contribution in [1.82, 2.24) is 14.6 Å². The van der Waals surface area contributed by atoms with Gasteiger partial charge in [-0.1, -0.05) is 12.1 Å². The van der Waals surface area contributed by atoms with Gasteiger partial charge < -0.3 is 10.2 Å². The van der Waals surface area contributed by atoms with Crippen molar-refractivity contribution >= 4 is 21.6 Å². The first-order valence-electron chi connectivity index (χ1n) is 6.18. The third kappa shape index (κ3) is 2.65. The molecule has 1 aliphatic heterocycles. The van der Waals surface area contributed by atoms with E-state index in [1.54, 1.807) is 11.5 Å². The van der Waals surface area contributed by atoms with Gasteiger partial charge in [0.05, 0.1) is 4.70 Å². The van der Waals surface area contributed by atoms with Gasteiger partial charge in [-0.2, -0.15) is 4.37 Å². The van der Waals surface area contributed by atoms with Crippen molar-refractivity contribution in [3.63, 3.8) is 0 Å². The molecule has 3 nitrogen and oxygen atoms in total. The molecule has 0 radical (unpaired) electrons. The Morgan fingerprint density at radius 1 is 1.29 bits per heavy atom. The van der Waals surface area contributed by atoms with Crippen LogP contribution in [0, 0.1) is 0 Å². The van der Waals surface area contributed by atoms with Crippen molar-refractivity contribution in [3.05, 3.63) is 30.0 Å². The fraction of sp³-hybridized carbons (Fsp3) is 0.462. The molecule has 0 saturated carbocycles. The largest absolute Gasteiger partial charge is 0.314 e. The number of benzene rings is 1. The summed E-state index contributed by atoms with van der Waals surface area (Å²) in [6.45, 7) is 5.80. The molecule has 1 fully saturated rings. The summed E-state index contributed by atoms with van der Waals surface area (Å²) in [6.07, 6.45) is 3.09. The zero-order valence-electron chi connectivity index (χ0n) is 9.85. The lowest BCUT2D eigenvalue weighted by molar-refractivity contribution is 0.244. The standard InChI is InChI=1S/C13H17N3S/c1-2-12-10-15-17-13(12)9-11(1)3-6-16-7-4-14-5-8-16/h1-2,9-10,14H,3-8H2. The van der Waals surface area contributed by atoms with Crippen LogP contribution >= 0.6 is 11.5 Å². The Morgan fingerprint density at radius 3 is 3.06 bits per heavy atom. The van der Waals surface area contributed by atoms with Crippen molar-refractivity contribution in [3.8, 4) is 0 Å². The monoisotopic (exact) mass is 247 g/mol.